The molecule has 112 valence electrons. The van der Waals surface area contributed by atoms with Crippen molar-refractivity contribution >= 4 is 0 Å². The van der Waals surface area contributed by atoms with Gasteiger partial charge in [-0.25, -0.2) is 0 Å². The van der Waals surface area contributed by atoms with E-state index in [2.05, 4.69) is 33.0 Å². The summed E-state index contributed by atoms with van der Waals surface area (Å²) in [5.41, 5.74) is 0.257. The third kappa shape index (κ3) is 3.52. The van der Waals surface area contributed by atoms with Crippen LogP contribution in [0, 0.1) is 17.8 Å². The zero-order valence-corrected chi connectivity index (χ0v) is 13.4. The molecule has 1 N–H and O–H groups in total. The van der Waals surface area contributed by atoms with Crippen molar-refractivity contribution in [1.29, 1.82) is 0 Å². The average Bonchev–Trinajstić information content (AvgIpc) is 2.83. The molecule has 1 spiro atoms. The molecule has 1 aliphatic carbocycles. The lowest BCUT2D eigenvalue weighted by Crippen LogP contribution is -2.49. The second-order valence-corrected chi connectivity index (χ2v) is 7.18. The molecule has 0 aromatic heterocycles. The minimum atomic E-state index is 0.257. The van der Waals surface area contributed by atoms with E-state index in [-0.39, 0.29) is 5.60 Å². The van der Waals surface area contributed by atoms with Crippen molar-refractivity contribution in [1.82, 2.24) is 5.32 Å². The van der Waals surface area contributed by atoms with Crippen LogP contribution in [0.5, 0.6) is 0 Å². The van der Waals surface area contributed by atoms with E-state index in [1.165, 1.54) is 38.5 Å². The first-order chi connectivity index (χ1) is 9.08. The fourth-order valence-electron chi connectivity index (χ4n) is 4.17. The van der Waals surface area contributed by atoms with Gasteiger partial charge in [0.25, 0.3) is 0 Å². The van der Waals surface area contributed by atoms with Gasteiger partial charge in [0.05, 0.1) is 5.60 Å². The molecule has 3 unspecified atom stereocenters. The van der Waals surface area contributed by atoms with Crippen LogP contribution < -0.4 is 5.32 Å². The van der Waals surface area contributed by atoms with E-state index in [1.54, 1.807) is 0 Å². The van der Waals surface area contributed by atoms with Crippen molar-refractivity contribution in [2.45, 2.75) is 77.9 Å². The number of nitrogens with one attached hydrogen (secondary N) is 1. The van der Waals surface area contributed by atoms with E-state index in [4.69, 9.17) is 4.74 Å². The highest BCUT2D eigenvalue weighted by Crippen LogP contribution is 2.44. The van der Waals surface area contributed by atoms with Gasteiger partial charge in [-0.3, -0.25) is 0 Å². The Labute approximate surface area is 119 Å². The summed E-state index contributed by atoms with van der Waals surface area (Å²) in [6, 6.07) is 0.673. The van der Waals surface area contributed by atoms with E-state index in [0.29, 0.717) is 6.04 Å². The number of rotatable bonds is 5. The fourth-order valence-corrected chi connectivity index (χ4v) is 4.17. The first kappa shape index (κ1) is 15.3. The highest BCUT2D eigenvalue weighted by Gasteiger charge is 2.42. The molecule has 19 heavy (non-hydrogen) atoms. The molecule has 1 heterocycles. The average molecular weight is 267 g/mol. The van der Waals surface area contributed by atoms with Crippen molar-refractivity contribution in [2.24, 2.45) is 17.8 Å². The van der Waals surface area contributed by atoms with Crippen molar-refractivity contribution in [3.05, 3.63) is 0 Å². The van der Waals surface area contributed by atoms with Crippen LogP contribution in [0.4, 0.5) is 0 Å². The third-order valence-electron chi connectivity index (χ3n) is 5.61. The van der Waals surface area contributed by atoms with Crippen LogP contribution >= 0.6 is 0 Å². The maximum absolute atomic E-state index is 6.20. The Hall–Kier alpha value is -0.0800. The minimum absolute atomic E-state index is 0.257. The van der Waals surface area contributed by atoms with Crippen molar-refractivity contribution in [2.75, 3.05) is 13.2 Å². The topological polar surface area (TPSA) is 21.3 Å². The Bertz CT molecular complexity index is 270. The third-order valence-corrected chi connectivity index (χ3v) is 5.61. The molecular weight excluding hydrogens is 234 g/mol. The van der Waals surface area contributed by atoms with Crippen LogP contribution in [0.25, 0.3) is 0 Å². The van der Waals surface area contributed by atoms with Gasteiger partial charge in [-0.1, -0.05) is 40.5 Å². The summed E-state index contributed by atoms with van der Waals surface area (Å²) in [4.78, 5) is 0. The molecule has 2 nitrogen and oxygen atoms in total. The van der Waals surface area contributed by atoms with E-state index in [9.17, 15) is 0 Å². The lowest BCUT2D eigenvalue weighted by molar-refractivity contribution is -0.101. The highest BCUT2D eigenvalue weighted by molar-refractivity contribution is 4.95. The van der Waals surface area contributed by atoms with Gasteiger partial charge in [0.1, 0.15) is 0 Å². The first-order valence-corrected chi connectivity index (χ1v) is 8.45. The Morgan fingerprint density at radius 3 is 2.47 bits per heavy atom. The normalized spacial score (nSPS) is 29.8. The van der Waals surface area contributed by atoms with Crippen LogP contribution in [-0.4, -0.2) is 24.8 Å². The van der Waals surface area contributed by atoms with Crippen LogP contribution in [0.2, 0.25) is 0 Å². The van der Waals surface area contributed by atoms with Gasteiger partial charge in [-0.15, -0.1) is 0 Å². The van der Waals surface area contributed by atoms with Crippen LogP contribution in [-0.2, 0) is 4.74 Å². The monoisotopic (exact) mass is 267 g/mol. The first-order valence-electron chi connectivity index (χ1n) is 8.45. The summed E-state index contributed by atoms with van der Waals surface area (Å²) in [6.07, 6.45) is 7.89. The Morgan fingerprint density at radius 1 is 1.21 bits per heavy atom. The molecule has 2 heteroatoms. The predicted molar refractivity (Wildman–Crippen MR) is 81.3 cm³/mol. The molecule has 2 fully saturated rings. The van der Waals surface area contributed by atoms with Gasteiger partial charge in [-0.05, 0) is 50.0 Å². The number of ether oxygens (including phenoxy) is 1. The summed E-state index contributed by atoms with van der Waals surface area (Å²) in [5.74, 6) is 2.32. The van der Waals surface area contributed by atoms with Gasteiger partial charge in [0, 0.05) is 12.6 Å². The summed E-state index contributed by atoms with van der Waals surface area (Å²) < 4.78 is 6.20. The smallest absolute Gasteiger partial charge is 0.0685 e. The molecule has 1 saturated carbocycles. The van der Waals surface area contributed by atoms with Crippen molar-refractivity contribution in [3.63, 3.8) is 0 Å². The van der Waals surface area contributed by atoms with E-state index in [1.807, 2.05) is 0 Å². The van der Waals surface area contributed by atoms with Gasteiger partial charge < -0.3 is 10.1 Å². The van der Waals surface area contributed by atoms with E-state index < -0.39 is 0 Å². The SMILES string of the molecule is CCNC(C1CCOC2(CCCC2)C1)C(C)C(C)C. The zero-order chi connectivity index (χ0) is 13.9. The van der Waals surface area contributed by atoms with Gasteiger partial charge in [-0.2, -0.15) is 0 Å². The Kier molecular flexibility index (Phi) is 5.30. The lowest BCUT2D eigenvalue weighted by Gasteiger charge is -2.44. The lowest BCUT2D eigenvalue weighted by atomic mass is 9.74. The molecule has 2 rings (SSSR count). The molecule has 0 bridgehead atoms. The Balaban J connectivity index is 2.03. The van der Waals surface area contributed by atoms with Gasteiger partial charge in [0.15, 0.2) is 0 Å². The molecule has 1 saturated heterocycles. The quantitative estimate of drug-likeness (QED) is 0.813. The van der Waals surface area contributed by atoms with Crippen LogP contribution in [0.1, 0.15) is 66.2 Å². The summed E-state index contributed by atoms with van der Waals surface area (Å²) in [7, 11) is 0. The second kappa shape index (κ2) is 6.58. The minimum Gasteiger partial charge on any atom is -0.375 e. The van der Waals surface area contributed by atoms with Crippen molar-refractivity contribution in [3.8, 4) is 0 Å². The molecule has 0 aromatic carbocycles. The van der Waals surface area contributed by atoms with Crippen molar-refractivity contribution < 1.29 is 4.74 Å². The van der Waals surface area contributed by atoms with Crippen LogP contribution in [0.15, 0.2) is 0 Å². The molecule has 2 aliphatic rings. The summed E-state index contributed by atoms with van der Waals surface area (Å²) >= 11 is 0. The van der Waals surface area contributed by atoms with E-state index >= 15 is 0 Å². The Morgan fingerprint density at radius 2 is 1.89 bits per heavy atom. The molecule has 0 amide bonds. The highest BCUT2D eigenvalue weighted by atomic mass is 16.5. The molecular formula is C17H33NO. The molecule has 1 aliphatic heterocycles. The second-order valence-electron chi connectivity index (χ2n) is 7.18. The summed E-state index contributed by atoms with van der Waals surface area (Å²) in [6.45, 7) is 11.5. The molecule has 0 radical (unpaired) electrons. The van der Waals surface area contributed by atoms with Gasteiger partial charge >= 0.3 is 0 Å². The largest absolute Gasteiger partial charge is 0.375 e. The maximum atomic E-state index is 6.20. The zero-order valence-electron chi connectivity index (χ0n) is 13.4. The summed E-state index contributed by atoms with van der Waals surface area (Å²) in [5, 5.41) is 3.78. The molecule has 3 atom stereocenters. The molecule has 0 aromatic rings. The maximum Gasteiger partial charge on any atom is 0.0685 e. The fraction of sp³-hybridized carbons (Fsp3) is 1.00. The standard InChI is InChI=1S/C17H33NO/c1-5-18-16(14(4)13(2)3)15-8-11-19-17(12-15)9-6-7-10-17/h13-16,18H,5-12H2,1-4H3. The van der Waals surface area contributed by atoms with Gasteiger partial charge in [0.2, 0.25) is 0 Å². The predicted octanol–water partition coefficient (Wildman–Crippen LogP) is 4.00. The van der Waals surface area contributed by atoms with Crippen LogP contribution in [0.3, 0.4) is 0 Å². The number of hydrogen-bond donors (Lipinski definition) is 1. The number of hydrogen-bond acceptors (Lipinski definition) is 2. The van der Waals surface area contributed by atoms with E-state index in [0.717, 1.165) is 30.9 Å².